The van der Waals surface area contributed by atoms with Crippen molar-refractivity contribution in [3.63, 3.8) is 0 Å². The Morgan fingerprint density at radius 3 is 2.47 bits per heavy atom. The molecule has 0 unspecified atom stereocenters. The van der Waals surface area contributed by atoms with Gasteiger partial charge in [-0.25, -0.2) is 13.5 Å². The van der Waals surface area contributed by atoms with Crippen LogP contribution in [0.5, 0.6) is 5.88 Å². The van der Waals surface area contributed by atoms with E-state index in [9.17, 15) is 13.6 Å². The minimum atomic E-state index is -0.670. The maximum atomic E-state index is 12.7. The highest BCUT2D eigenvalue weighted by Gasteiger charge is 2.06. The lowest BCUT2D eigenvalue weighted by molar-refractivity contribution is -0.109. The van der Waals surface area contributed by atoms with Crippen molar-refractivity contribution in [2.75, 3.05) is 6.61 Å². The Balaban J connectivity index is 2.29. The summed E-state index contributed by atoms with van der Waals surface area (Å²) in [5.74, 6) is 0.277. The average Bonchev–Trinajstić information content (AvgIpc) is 2.93. The molecule has 0 saturated heterocycles. The number of carbonyl (C=O) groups is 1. The quantitative estimate of drug-likeness (QED) is 0.754. The van der Waals surface area contributed by atoms with Crippen LogP contribution < -0.4 is 4.74 Å². The fourth-order valence-electron chi connectivity index (χ4n) is 1.68. The summed E-state index contributed by atoms with van der Waals surface area (Å²) in [4.78, 5) is 10.2. The summed E-state index contributed by atoms with van der Waals surface area (Å²) in [5, 5.41) is 4.06. The predicted octanol–water partition coefficient (Wildman–Crippen LogP) is 2.39. The number of halogens is 2. The van der Waals surface area contributed by atoms with Crippen LogP contribution in [0.4, 0.5) is 8.78 Å². The molecule has 0 fully saturated rings. The fraction of sp³-hybridized carbons (Fsp3) is 0.231. The first kappa shape index (κ1) is 13.2. The Labute approximate surface area is 108 Å². The summed E-state index contributed by atoms with van der Waals surface area (Å²) in [5.41, 5.74) is 1.32. The highest BCUT2D eigenvalue weighted by molar-refractivity contribution is 5.51. The molecule has 0 atom stereocenters. The molecular weight excluding hydrogens is 254 g/mol. The number of benzene rings is 1. The molecule has 0 aliphatic heterocycles. The summed E-state index contributed by atoms with van der Waals surface area (Å²) in [7, 11) is 0. The molecule has 4 nitrogen and oxygen atoms in total. The van der Waals surface area contributed by atoms with E-state index in [0.29, 0.717) is 23.1 Å². The number of nitrogens with zero attached hydrogens (tertiary/aromatic N) is 2. The van der Waals surface area contributed by atoms with Gasteiger partial charge in [0.1, 0.15) is 20.0 Å². The number of rotatable bonds is 6. The smallest absolute Gasteiger partial charge is 0.233 e. The van der Waals surface area contributed by atoms with E-state index in [-0.39, 0.29) is 12.5 Å². The summed E-state index contributed by atoms with van der Waals surface area (Å²) >= 11 is 0. The third-order valence-electron chi connectivity index (χ3n) is 2.47. The highest BCUT2D eigenvalue weighted by Crippen LogP contribution is 2.18. The average molecular weight is 266 g/mol. The van der Waals surface area contributed by atoms with E-state index < -0.39 is 13.3 Å². The number of aldehydes is 1. The summed E-state index contributed by atoms with van der Waals surface area (Å²) in [6.45, 7) is -1.43. The van der Waals surface area contributed by atoms with E-state index in [0.717, 1.165) is 0 Å². The van der Waals surface area contributed by atoms with E-state index in [2.05, 4.69) is 5.10 Å². The van der Waals surface area contributed by atoms with Gasteiger partial charge in [-0.05, 0) is 23.3 Å². The number of alkyl halides is 2. The van der Waals surface area contributed by atoms with Gasteiger partial charge in [-0.3, -0.25) is 4.79 Å². The van der Waals surface area contributed by atoms with E-state index in [1.807, 2.05) is 0 Å². The zero-order valence-corrected chi connectivity index (χ0v) is 10.1. The van der Waals surface area contributed by atoms with Gasteiger partial charge in [-0.1, -0.05) is 6.07 Å². The van der Waals surface area contributed by atoms with Crippen LogP contribution in [-0.2, 0) is 18.1 Å². The van der Waals surface area contributed by atoms with E-state index >= 15 is 0 Å². The van der Waals surface area contributed by atoms with Crippen LogP contribution in [0.3, 0.4) is 0 Å². The molecule has 2 aromatic rings. The first-order chi connectivity index (χ1) is 9.26. The molecular formula is C13H12F2N2O2. The van der Waals surface area contributed by atoms with Gasteiger partial charge in [0, 0.05) is 12.3 Å². The van der Waals surface area contributed by atoms with Crippen molar-refractivity contribution >= 4 is 6.29 Å². The standard InChI is InChI=1S/C13H12F2N2O2/c14-8-10-5-11(9-15)7-12(6-10)17-2-1-13(16-17)19-4-3-18/h1-3,5-7H,4,8-9H2. The first-order valence-corrected chi connectivity index (χ1v) is 5.64. The lowest BCUT2D eigenvalue weighted by atomic mass is 10.1. The zero-order chi connectivity index (χ0) is 13.7. The maximum Gasteiger partial charge on any atom is 0.233 e. The van der Waals surface area contributed by atoms with E-state index in [4.69, 9.17) is 4.74 Å². The third-order valence-corrected chi connectivity index (χ3v) is 2.47. The molecule has 0 bridgehead atoms. The molecule has 0 radical (unpaired) electrons. The maximum absolute atomic E-state index is 12.7. The predicted molar refractivity (Wildman–Crippen MR) is 64.7 cm³/mol. The third kappa shape index (κ3) is 3.15. The second-order valence-corrected chi connectivity index (χ2v) is 3.85. The Bertz CT molecular complexity index is 547. The van der Waals surface area contributed by atoms with Gasteiger partial charge in [-0.15, -0.1) is 5.10 Å². The van der Waals surface area contributed by atoms with Crippen molar-refractivity contribution in [1.82, 2.24) is 9.78 Å². The first-order valence-electron chi connectivity index (χ1n) is 5.64. The van der Waals surface area contributed by atoms with Gasteiger partial charge in [0.05, 0.1) is 5.69 Å². The van der Waals surface area contributed by atoms with Crippen molar-refractivity contribution in [3.05, 3.63) is 41.6 Å². The molecule has 1 aromatic heterocycles. The molecule has 0 spiro atoms. The van der Waals surface area contributed by atoms with Gasteiger partial charge in [-0.2, -0.15) is 0 Å². The lowest BCUT2D eigenvalue weighted by Crippen LogP contribution is -2.01. The normalized spacial score (nSPS) is 10.4. The number of hydrogen-bond donors (Lipinski definition) is 0. The topological polar surface area (TPSA) is 44.1 Å². The molecule has 19 heavy (non-hydrogen) atoms. The Morgan fingerprint density at radius 2 is 1.89 bits per heavy atom. The van der Waals surface area contributed by atoms with Crippen LogP contribution >= 0.6 is 0 Å². The number of carbonyl (C=O) groups excluding carboxylic acids is 1. The Kier molecular flexibility index (Phi) is 4.22. The van der Waals surface area contributed by atoms with Crippen molar-refractivity contribution in [1.29, 1.82) is 0 Å². The molecule has 1 heterocycles. The molecule has 2 rings (SSSR count). The number of aromatic nitrogens is 2. The van der Waals surface area contributed by atoms with Crippen molar-refractivity contribution in [2.45, 2.75) is 13.3 Å². The molecule has 1 aromatic carbocycles. The Morgan fingerprint density at radius 1 is 1.21 bits per heavy atom. The monoisotopic (exact) mass is 266 g/mol. The zero-order valence-electron chi connectivity index (χ0n) is 10.1. The number of ether oxygens (including phenoxy) is 1. The van der Waals surface area contributed by atoms with Crippen LogP contribution in [0.1, 0.15) is 11.1 Å². The van der Waals surface area contributed by atoms with Gasteiger partial charge in [0.15, 0.2) is 6.29 Å². The van der Waals surface area contributed by atoms with E-state index in [1.165, 1.54) is 10.7 Å². The van der Waals surface area contributed by atoms with Crippen LogP contribution in [0, 0.1) is 0 Å². The van der Waals surface area contributed by atoms with Gasteiger partial charge in [0.2, 0.25) is 5.88 Å². The second-order valence-electron chi connectivity index (χ2n) is 3.85. The number of hydrogen-bond acceptors (Lipinski definition) is 3. The second kappa shape index (κ2) is 6.08. The van der Waals surface area contributed by atoms with Crippen LogP contribution in [-0.4, -0.2) is 22.7 Å². The van der Waals surface area contributed by atoms with Crippen molar-refractivity contribution < 1.29 is 18.3 Å². The molecule has 0 saturated carbocycles. The summed E-state index contributed by atoms with van der Waals surface area (Å²) in [6, 6.07) is 6.20. The summed E-state index contributed by atoms with van der Waals surface area (Å²) in [6.07, 6.45) is 2.21. The molecule has 100 valence electrons. The largest absolute Gasteiger partial charge is 0.469 e. The fourth-order valence-corrected chi connectivity index (χ4v) is 1.68. The van der Waals surface area contributed by atoms with Gasteiger partial charge in [0.25, 0.3) is 0 Å². The van der Waals surface area contributed by atoms with Gasteiger partial charge >= 0.3 is 0 Å². The highest BCUT2D eigenvalue weighted by atomic mass is 19.1. The SMILES string of the molecule is O=CCOc1ccn(-c2cc(CF)cc(CF)c2)n1. The Hall–Kier alpha value is -2.24. The van der Waals surface area contributed by atoms with Crippen molar-refractivity contribution in [3.8, 4) is 11.6 Å². The minimum Gasteiger partial charge on any atom is -0.469 e. The van der Waals surface area contributed by atoms with Crippen LogP contribution in [0.2, 0.25) is 0 Å². The molecule has 6 heteroatoms. The van der Waals surface area contributed by atoms with E-state index in [1.54, 1.807) is 24.4 Å². The molecule has 0 amide bonds. The lowest BCUT2D eigenvalue weighted by Gasteiger charge is -2.06. The van der Waals surface area contributed by atoms with Crippen LogP contribution in [0.25, 0.3) is 5.69 Å². The molecule has 0 N–H and O–H groups in total. The molecule has 0 aliphatic rings. The molecule has 0 aliphatic carbocycles. The van der Waals surface area contributed by atoms with Crippen molar-refractivity contribution in [2.24, 2.45) is 0 Å². The minimum absolute atomic E-state index is 0.0860. The summed E-state index contributed by atoms with van der Waals surface area (Å²) < 4.78 is 31.9. The van der Waals surface area contributed by atoms with Gasteiger partial charge < -0.3 is 4.74 Å². The van der Waals surface area contributed by atoms with Crippen LogP contribution in [0.15, 0.2) is 30.5 Å².